The van der Waals surface area contributed by atoms with Crippen molar-refractivity contribution in [2.75, 3.05) is 12.8 Å². The Balaban J connectivity index is 2.24. The van der Waals surface area contributed by atoms with Crippen LogP contribution in [0.15, 0.2) is 30.5 Å². The lowest BCUT2D eigenvalue weighted by Gasteiger charge is -2.10. The van der Waals surface area contributed by atoms with Crippen molar-refractivity contribution in [2.45, 2.75) is 6.18 Å². The molecule has 0 aliphatic heterocycles. The zero-order chi connectivity index (χ0) is 15.6. The molecule has 0 spiro atoms. The molecule has 2 rings (SSSR count). The number of nitrogens with zero attached hydrogens (tertiary/aromatic N) is 1. The van der Waals surface area contributed by atoms with Gasteiger partial charge < -0.3 is 15.2 Å². The van der Waals surface area contributed by atoms with Gasteiger partial charge >= 0.3 is 6.18 Å². The van der Waals surface area contributed by atoms with Crippen LogP contribution in [0.4, 0.5) is 23.2 Å². The summed E-state index contributed by atoms with van der Waals surface area (Å²) in [5.74, 6) is -1.10. The molecule has 0 aliphatic carbocycles. The molecule has 21 heavy (non-hydrogen) atoms. The number of alkyl halides is 3. The number of anilines is 1. The first-order valence-corrected chi connectivity index (χ1v) is 5.65. The summed E-state index contributed by atoms with van der Waals surface area (Å²) < 4.78 is 60.7. The summed E-state index contributed by atoms with van der Waals surface area (Å²) >= 11 is 0. The highest BCUT2D eigenvalue weighted by atomic mass is 19.4. The third-order valence-electron chi connectivity index (χ3n) is 2.56. The van der Waals surface area contributed by atoms with E-state index in [1.807, 2.05) is 0 Å². The van der Waals surface area contributed by atoms with Crippen LogP contribution in [0.5, 0.6) is 17.4 Å². The molecule has 0 unspecified atom stereocenters. The van der Waals surface area contributed by atoms with E-state index in [1.165, 1.54) is 7.11 Å². The van der Waals surface area contributed by atoms with Gasteiger partial charge in [-0.05, 0) is 6.07 Å². The summed E-state index contributed by atoms with van der Waals surface area (Å²) in [4.78, 5) is 3.47. The molecule has 8 heteroatoms. The molecule has 1 heterocycles. The van der Waals surface area contributed by atoms with Crippen LogP contribution in [-0.4, -0.2) is 12.1 Å². The minimum absolute atomic E-state index is 0.125. The van der Waals surface area contributed by atoms with Crippen LogP contribution in [-0.2, 0) is 6.18 Å². The van der Waals surface area contributed by atoms with Gasteiger partial charge in [-0.2, -0.15) is 13.2 Å². The molecule has 1 aromatic carbocycles. The van der Waals surface area contributed by atoms with Gasteiger partial charge in [0.2, 0.25) is 5.88 Å². The van der Waals surface area contributed by atoms with Crippen LogP contribution in [0.25, 0.3) is 0 Å². The second-order valence-electron chi connectivity index (χ2n) is 4.01. The molecule has 0 bridgehead atoms. The number of hydrogen-bond acceptors (Lipinski definition) is 4. The molecule has 0 saturated carbocycles. The van der Waals surface area contributed by atoms with E-state index in [0.717, 1.165) is 24.3 Å². The smallest absolute Gasteiger partial charge is 0.417 e. The molecule has 0 radical (unpaired) electrons. The molecular weight excluding hydrogens is 292 g/mol. The number of rotatable bonds is 3. The van der Waals surface area contributed by atoms with E-state index in [2.05, 4.69) is 4.98 Å². The van der Waals surface area contributed by atoms with Gasteiger partial charge in [0.05, 0.1) is 18.4 Å². The van der Waals surface area contributed by atoms with E-state index < -0.39 is 17.6 Å². The van der Waals surface area contributed by atoms with Crippen molar-refractivity contribution in [3.8, 4) is 17.4 Å². The monoisotopic (exact) mass is 302 g/mol. The Labute approximate surface area is 117 Å². The lowest BCUT2D eigenvalue weighted by Crippen LogP contribution is -2.05. The fourth-order valence-electron chi connectivity index (χ4n) is 1.53. The summed E-state index contributed by atoms with van der Waals surface area (Å²) in [5.41, 5.74) is 4.79. The van der Waals surface area contributed by atoms with Crippen molar-refractivity contribution in [1.29, 1.82) is 0 Å². The minimum atomic E-state index is -4.50. The molecule has 1 aromatic heterocycles. The number of aromatic nitrogens is 1. The van der Waals surface area contributed by atoms with Gasteiger partial charge in [-0.3, -0.25) is 0 Å². The SMILES string of the molecule is COc1cc(F)c(Oc2ccc(C(F)(F)F)cn2)cc1N. The van der Waals surface area contributed by atoms with Gasteiger partial charge in [-0.15, -0.1) is 0 Å². The summed E-state index contributed by atoms with van der Waals surface area (Å²) in [6, 6.07) is 3.94. The number of ether oxygens (including phenoxy) is 2. The third kappa shape index (κ3) is 3.33. The summed E-state index contributed by atoms with van der Waals surface area (Å²) in [7, 11) is 1.32. The topological polar surface area (TPSA) is 57.4 Å². The number of benzene rings is 1. The normalized spacial score (nSPS) is 11.3. The van der Waals surface area contributed by atoms with Crippen molar-refractivity contribution in [2.24, 2.45) is 0 Å². The molecule has 0 aliphatic rings. The van der Waals surface area contributed by atoms with Crippen molar-refractivity contribution in [3.63, 3.8) is 0 Å². The quantitative estimate of drug-likeness (QED) is 0.695. The first kappa shape index (κ1) is 14.9. The maximum Gasteiger partial charge on any atom is 0.417 e. The highest BCUT2D eigenvalue weighted by Gasteiger charge is 2.30. The number of nitrogens with two attached hydrogens (primary N) is 1. The Hall–Kier alpha value is -2.51. The second kappa shape index (κ2) is 5.47. The fraction of sp³-hybridized carbons (Fsp3) is 0.154. The average molecular weight is 302 g/mol. The first-order chi connectivity index (χ1) is 9.81. The highest BCUT2D eigenvalue weighted by Crippen LogP contribution is 2.33. The molecule has 4 nitrogen and oxygen atoms in total. The van der Waals surface area contributed by atoms with E-state index in [1.54, 1.807) is 0 Å². The van der Waals surface area contributed by atoms with Crippen molar-refractivity contribution in [3.05, 3.63) is 41.8 Å². The Morgan fingerprint density at radius 1 is 1.14 bits per heavy atom. The van der Waals surface area contributed by atoms with E-state index in [0.29, 0.717) is 6.20 Å². The zero-order valence-electron chi connectivity index (χ0n) is 10.7. The molecule has 0 amide bonds. The van der Waals surface area contributed by atoms with Gasteiger partial charge in [-0.25, -0.2) is 9.37 Å². The van der Waals surface area contributed by atoms with Crippen LogP contribution in [0.3, 0.4) is 0 Å². The zero-order valence-corrected chi connectivity index (χ0v) is 10.7. The number of methoxy groups -OCH3 is 1. The van der Waals surface area contributed by atoms with Gasteiger partial charge in [0, 0.05) is 24.4 Å². The predicted molar refractivity (Wildman–Crippen MR) is 66.7 cm³/mol. The predicted octanol–water partition coefficient (Wildman–Crippen LogP) is 3.62. The fourth-order valence-corrected chi connectivity index (χ4v) is 1.53. The molecule has 112 valence electrons. The molecule has 0 saturated heterocycles. The maximum atomic E-state index is 13.7. The summed E-state index contributed by atoms with van der Waals surface area (Å²) in [6.45, 7) is 0. The molecule has 2 N–H and O–H groups in total. The average Bonchev–Trinajstić information content (AvgIpc) is 2.42. The largest absolute Gasteiger partial charge is 0.494 e. The number of halogens is 4. The summed E-state index contributed by atoms with van der Waals surface area (Å²) in [6.07, 6.45) is -3.90. The van der Waals surface area contributed by atoms with E-state index in [9.17, 15) is 17.6 Å². The Bertz CT molecular complexity index is 642. The van der Waals surface area contributed by atoms with E-state index in [-0.39, 0.29) is 23.1 Å². The van der Waals surface area contributed by atoms with Crippen LogP contribution < -0.4 is 15.2 Å². The van der Waals surface area contributed by atoms with Gasteiger partial charge in [0.25, 0.3) is 0 Å². The van der Waals surface area contributed by atoms with E-state index in [4.69, 9.17) is 15.2 Å². The van der Waals surface area contributed by atoms with Crippen LogP contribution >= 0.6 is 0 Å². The Kier molecular flexibility index (Phi) is 3.88. The van der Waals surface area contributed by atoms with Gasteiger partial charge in [0.15, 0.2) is 11.6 Å². The third-order valence-corrected chi connectivity index (χ3v) is 2.56. The molecular formula is C13H10F4N2O2. The molecule has 0 fully saturated rings. The molecule has 2 aromatic rings. The van der Waals surface area contributed by atoms with Crippen molar-refractivity contribution in [1.82, 2.24) is 4.98 Å². The van der Waals surface area contributed by atoms with Crippen molar-refractivity contribution < 1.29 is 27.0 Å². The van der Waals surface area contributed by atoms with E-state index >= 15 is 0 Å². The molecule has 0 atom stereocenters. The highest BCUT2D eigenvalue weighted by molar-refractivity contribution is 5.57. The number of hydrogen-bond donors (Lipinski definition) is 1. The summed E-state index contributed by atoms with van der Waals surface area (Å²) in [5, 5.41) is 0. The lowest BCUT2D eigenvalue weighted by atomic mass is 10.2. The number of pyridine rings is 1. The Morgan fingerprint density at radius 2 is 1.86 bits per heavy atom. The van der Waals surface area contributed by atoms with Crippen LogP contribution in [0, 0.1) is 5.82 Å². The minimum Gasteiger partial charge on any atom is -0.494 e. The lowest BCUT2D eigenvalue weighted by molar-refractivity contribution is -0.137. The van der Waals surface area contributed by atoms with Crippen LogP contribution in [0.1, 0.15) is 5.56 Å². The van der Waals surface area contributed by atoms with Crippen LogP contribution in [0.2, 0.25) is 0 Å². The Morgan fingerprint density at radius 3 is 2.38 bits per heavy atom. The standard InChI is InChI=1S/C13H10F4N2O2/c1-20-11-4-8(14)10(5-9(11)18)21-12-3-2-7(6-19-12)13(15,16)17/h2-6H,18H2,1H3. The first-order valence-electron chi connectivity index (χ1n) is 5.65. The van der Waals surface area contributed by atoms with Gasteiger partial charge in [0.1, 0.15) is 5.75 Å². The van der Waals surface area contributed by atoms with Crippen molar-refractivity contribution >= 4 is 5.69 Å². The maximum absolute atomic E-state index is 13.7. The number of nitrogen functional groups attached to an aromatic ring is 1. The van der Waals surface area contributed by atoms with Gasteiger partial charge in [-0.1, -0.05) is 0 Å². The second-order valence-corrected chi connectivity index (χ2v) is 4.01.